The van der Waals surface area contributed by atoms with E-state index in [1.807, 2.05) is 27.0 Å². The van der Waals surface area contributed by atoms with Crippen molar-refractivity contribution >= 4 is 11.6 Å². The molecule has 2 aromatic heterocycles. The molecule has 0 aliphatic rings. The highest BCUT2D eigenvalue weighted by molar-refractivity contribution is 5.47. The van der Waals surface area contributed by atoms with E-state index >= 15 is 0 Å². The Kier molecular flexibility index (Phi) is 3.71. The first kappa shape index (κ1) is 12.3. The SMILES string of the molecule is CCNc1cc(NCc2ncn(C)n2)nc(C)n1. The van der Waals surface area contributed by atoms with Gasteiger partial charge in [0.2, 0.25) is 0 Å². The maximum absolute atomic E-state index is 4.31. The van der Waals surface area contributed by atoms with E-state index in [1.165, 1.54) is 0 Å². The number of hydrogen-bond donors (Lipinski definition) is 2. The van der Waals surface area contributed by atoms with E-state index in [4.69, 9.17) is 0 Å². The lowest BCUT2D eigenvalue weighted by Crippen LogP contribution is -2.07. The zero-order valence-electron chi connectivity index (χ0n) is 10.8. The molecule has 2 N–H and O–H groups in total. The summed E-state index contributed by atoms with van der Waals surface area (Å²) >= 11 is 0. The molecule has 0 atom stereocenters. The van der Waals surface area contributed by atoms with Crippen molar-refractivity contribution in [2.75, 3.05) is 17.2 Å². The van der Waals surface area contributed by atoms with Crippen LogP contribution < -0.4 is 10.6 Å². The monoisotopic (exact) mass is 247 g/mol. The van der Waals surface area contributed by atoms with Gasteiger partial charge in [0, 0.05) is 19.7 Å². The molecule has 0 bridgehead atoms. The fourth-order valence-electron chi connectivity index (χ4n) is 1.56. The molecule has 0 fully saturated rings. The molecule has 0 aliphatic carbocycles. The molecule has 7 nitrogen and oxygen atoms in total. The summed E-state index contributed by atoms with van der Waals surface area (Å²) in [5, 5.41) is 10.5. The van der Waals surface area contributed by atoms with Gasteiger partial charge < -0.3 is 10.6 Å². The van der Waals surface area contributed by atoms with Gasteiger partial charge in [-0.05, 0) is 13.8 Å². The van der Waals surface area contributed by atoms with E-state index in [0.717, 1.165) is 29.8 Å². The molecule has 0 amide bonds. The highest BCUT2D eigenvalue weighted by atomic mass is 15.3. The van der Waals surface area contributed by atoms with E-state index in [-0.39, 0.29) is 0 Å². The molecule has 2 heterocycles. The van der Waals surface area contributed by atoms with Crippen molar-refractivity contribution in [3.8, 4) is 0 Å². The van der Waals surface area contributed by atoms with Crippen LogP contribution in [0.15, 0.2) is 12.4 Å². The summed E-state index contributed by atoms with van der Waals surface area (Å²) < 4.78 is 1.67. The Balaban J connectivity index is 2.04. The van der Waals surface area contributed by atoms with Crippen LogP contribution in [0.1, 0.15) is 18.6 Å². The minimum absolute atomic E-state index is 0.545. The van der Waals surface area contributed by atoms with E-state index in [2.05, 4.69) is 30.7 Å². The zero-order chi connectivity index (χ0) is 13.0. The lowest BCUT2D eigenvalue weighted by atomic mass is 10.4. The van der Waals surface area contributed by atoms with Crippen molar-refractivity contribution in [2.24, 2.45) is 7.05 Å². The Hall–Kier alpha value is -2.18. The average Bonchev–Trinajstić information content (AvgIpc) is 2.72. The summed E-state index contributed by atoms with van der Waals surface area (Å²) in [5.74, 6) is 3.05. The third-order valence-electron chi connectivity index (χ3n) is 2.27. The van der Waals surface area contributed by atoms with Gasteiger partial charge in [-0.25, -0.2) is 15.0 Å². The van der Waals surface area contributed by atoms with Crippen LogP contribution in [-0.2, 0) is 13.6 Å². The van der Waals surface area contributed by atoms with Crippen LogP contribution in [0.4, 0.5) is 11.6 Å². The standard InChI is InChI=1S/C11H17N7/c1-4-12-9-5-10(16-8(2)15-9)13-6-11-14-7-18(3)17-11/h5,7H,4,6H2,1-3H3,(H2,12,13,15,16). The predicted molar refractivity (Wildman–Crippen MR) is 69.3 cm³/mol. The van der Waals surface area contributed by atoms with Gasteiger partial charge in [-0.3, -0.25) is 4.68 Å². The predicted octanol–water partition coefficient (Wildman–Crippen LogP) is 0.957. The van der Waals surface area contributed by atoms with Gasteiger partial charge in [-0.15, -0.1) is 0 Å². The number of aromatic nitrogens is 5. The molecule has 0 saturated heterocycles. The molecule has 2 aromatic rings. The van der Waals surface area contributed by atoms with Gasteiger partial charge in [0.1, 0.15) is 23.8 Å². The van der Waals surface area contributed by atoms with Gasteiger partial charge >= 0.3 is 0 Å². The lowest BCUT2D eigenvalue weighted by Gasteiger charge is -2.07. The summed E-state index contributed by atoms with van der Waals surface area (Å²) in [6.45, 7) is 5.27. The quantitative estimate of drug-likeness (QED) is 0.819. The number of hydrogen-bond acceptors (Lipinski definition) is 6. The minimum atomic E-state index is 0.545. The Bertz CT molecular complexity index is 520. The molecule has 96 valence electrons. The molecule has 0 unspecified atom stereocenters. The molecule has 2 rings (SSSR count). The molecule has 0 radical (unpaired) electrons. The molecule has 0 saturated carbocycles. The highest BCUT2D eigenvalue weighted by Crippen LogP contribution is 2.11. The summed E-state index contributed by atoms with van der Waals surface area (Å²) in [6, 6.07) is 1.87. The van der Waals surface area contributed by atoms with E-state index in [1.54, 1.807) is 11.0 Å². The number of rotatable bonds is 5. The normalized spacial score (nSPS) is 10.4. The molecular formula is C11H17N7. The number of nitrogens with zero attached hydrogens (tertiary/aromatic N) is 5. The van der Waals surface area contributed by atoms with Gasteiger partial charge in [0.15, 0.2) is 5.82 Å². The molecule has 0 spiro atoms. The largest absolute Gasteiger partial charge is 0.370 e. The Morgan fingerprint density at radius 2 is 1.94 bits per heavy atom. The highest BCUT2D eigenvalue weighted by Gasteiger charge is 2.03. The van der Waals surface area contributed by atoms with Crippen LogP contribution in [0.2, 0.25) is 0 Å². The number of anilines is 2. The van der Waals surface area contributed by atoms with Gasteiger partial charge in [0.05, 0.1) is 6.54 Å². The van der Waals surface area contributed by atoms with Crippen molar-refractivity contribution in [3.63, 3.8) is 0 Å². The smallest absolute Gasteiger partial charge is 0.169 e. The van der Waals surface area contributed by atoms with E-state index in [0.29, 0.717) is 6.54 Å². The lowest BCUT2D eigenvalue weighted by molar-refractivity contribution is 0.746. The van der Waals surface area contributed by atoms with Gasteiger partial charge in [-0.2, -0.15) is 5.10 Å². The zero-order valence-corrected chi connectivity index (χ0v) is 10.8. The third-order valence-corrected chi connectivity index (χ3v) is 2.27. The maximum atomic E-state index is 4.31. The number of nitrogens with one attached hydrogen (secondary N) is 2. The van der Waals surface area contributed by atoms with E-state index < -0.39 is 0 Å². The summed E-state index contributed by atoms with van der Waals surface area (Å²) in [7, 11) is 1.84. The van der Waals surface area contributed by atoms with Crippen LogP contribution in [0, 0.1) is 6.92 Å². The maximum Gasteiger partial charge on any atom is 0.169 e. The fraction of sp³-hybridized carbons (Fsp3) is 0.455. The van der Waals surface area contributed by atoms with Crippen LogP contribution in [0.5, 0.6) is 0 Å². The summed E-state index contributed by atoms with van der Waals surface area (Å²) in [5.41, 5.74) is 0. The van der Waals surface area contributed by atoms with Crippen molar-refractivity contribution in [1.82, 2.24) is 24.7 Å². The first-order valence-electron chi connectivity index (χ1n) is 5.85. The van der Waals surface area contributed by atoms with Crippen molar-refractivity contribution < 1.29 is 0 Å². The molecule has 0 aliphatic heterocycles. The van der Waals surface area contributed by atoms with Crippen molar-refractivity contribution in [3.05, 3.63) is 24.0 Å². The molecule has 0 aromatic carbocycles. The van der Waals surface area contributed by atoms with Gasteiger partial charge in [0.25, 0.3) is 0 Å². The Labute approximate surface area is 106 Å². The van der Waals surface area contributed by atoms with Crippen LogP contribution >= 0.6 is 0 Å². The first-order valence-corrected chi connectivity index (χ1v) is 5.85. The van der Waals surface area contributed by atoms with Crippen LogP contribution in [0.25, 0.3) is 0 Å². The van der Waals surface area contributed by atoms with Gasteiger partial charge in [-0.1, -0.05) is 0 Å². The Morgan fingerprint density at radius 1 is 1.22 bits per heavy atom. The van der Waals surface area contributed by atoms with Crippen LogP contribution in [0.3, 0.4) is 0 Å². The first-order chi connectivity index (χ1) is 8.67. The second-order valence-electron chi connectivity index (χ2n) is 3.90. The van der Waals surface area contributed by atoms with Crippen molar-refractivity contribution in [2.45, 2.75) is 20.4 Å². The average molecular weight is 247 g/mol. The van der Waals surface area contributed by atoms with Crippen molar-refractivity contribution in [1.29, 1.82) is 0 Å². The topological polar surface area (TPSA) is 80.5 Å². The third kappa shape index (κ3) is 3.16. The fourth-order valence-corrected chi connectivity index (χ4v) is 1.56. The second-order valence-corrected chi connectivity index (χ2v) is 3.90. The molecule has 7 heteroatoms. The summed E-state index contributed by atoms with van der Waals surface area (Å²) in [4.78, 5) is 12.7. The number of aryl methyl sites for hydroxylation is 2. The Morgan fingerprint density at radius 3 is 2.56 bits per heavy atom. The van der Waals surface area contributed by atoms with E-state index in [9.17, 15) is 0 Å². The summed E-state index contributed by atoms with van der Waals surface area (Å²) in [6.07, 6.45) is 1.67. The second kappa shape index (κ2) is 5.44. The minimum Gasteiger partial charge on any atom is -0.370 e. The molecule has 18 heavy (non-hydrogen) atoms. The molecular weight excluding hydrogens is 230 g/mol. The van der Waals surface area contributed by atoms with Crippen LogP contribution in [-0.4, -0.2) is 31.3 Å².